The summed E-state index contributed by atoms with van der Waals surface area (Å²) in [6.45, 7) is 7.14. The van der Waals surface area contributed by atoms with E-state index in [2.05, 4.69) is 26.8 Å². The van der Waals surface area contributed by atoms with E-state index in [0.717, 1.165) is 31.6 Å². The highest BCUT2D eigenvalue weighted by Crippen LogP contribution is 2.15. The maximum Gasteiger partial charge on any atom is 0.338 e. The van der Waals surface area contributed by atoms with Gasteiger partial charge in [-0.2, -0.15) is 0 Å². The third-order valence-corrected chi connectivity index (χ3v) is 4.39. The highest BCUT2D eigenvalue weighted by molar-refractivity contribution is 5.89. The van der Waals surface area contributed by atoms with Crippen LogP contribution in [0.1, 0.15) is 81.6 Å². The van der Waals surface area contributed by atoms with E-state index in [1.165, 1.54) is 31.2 Å². The molecule has 1 rings (SSSR count). The quantitative estimate of drug-likeness (QED) is 0.333. The second-order valence-electron chi connectivity index (χ2n) is 7.32. The van der Waals surface area contributed by atoms with E-state index in [1.54, 1.807) is 7.11 Å². The molecule has 0 fully saturated rings. The number of hydrogen-bond donors (Lipinski definition) is 0. The van der Waals surface area contributed by atoms with Gasteiger partial charge in [-0.15, -0.1) is 0 Å². The van der Waals surface area contributed by atoms with Gasteiger partial charge in [0.05, 0.1) is 12.2 Å². The molecule has 0 aromatic heterocycles. The van der Waals surface area contributed by atoms with Crippen LogP contribution < -0.4 is 0 Å². The molecule has 0 aliphatic heterocycles. The van der Waals surface area contributed by atoms with Crippen molar-refractivity contribution in [2.24, 2.45) is 5.92 Å². The summed E-state index contributed by atoms with van der Waals surface area (Å²) in [5, 5.41) is 0. The smallest absolute Gasteiger partial charge is 0.338 e. The first-order valence-corrected chi connectivity index (χ1v) is 9.85. The van der Waals surface area contributed by atoms with Gasteiger partial charge in [-0.3, -0.25) is 0 Å². The molecule has 0 heterocycles. The molecule has 1 atom stereocenters. The number of rotatable bonds is 13. The number of carbonyl (C=O) groups is 1. The number of benzene rings is 1. The summed E-state index contributed by atoms with van der Waals surface area (Å²) < 4.78 is 10.9. The summed E-state index contributed by atoms with van der Waals surface area (Å²) in [6.07, 6.45) is 8.88. The third-order valence-electron chi connectivity index (χ3n) is 4.39. The number of aryl methyl sites for hydroxylation is 1. The van der Waals surface area contributed by atoms with Crippen molar-refractivity contribution in [2.45, 2.75) is 78.2 Å². The zero-order valence-electron chi connectivity index (χ0n) is 16.6. The fourth-order valence-corrected chi connectivity index (χ4v) is 3.00. The summed E-state index contributed by atoms with van der Waals surface area (Å²) in [6, 6.07) is 7.77. The van der Waals surface area contributed by atoms with Gasteiger partial charge >= 0.3 is 5.97 Å². The number of unbranched alkanes of at least 4 members (excludes halogenated alkanes) is 3. The molecule has 0 radical (unpaired) electrons. The van der Waals surface area contributed by atoms with Crippen LogP contribution >= 0.6 is 0 Å². The van der Waals surface area contributed by atoms with Crippen LogP contribution in [0.25, 0.3) is 0 Å². The van der Waals surface area contributed by atoms with Gasteiger partial charge in [0.1, 0.15) is 6.10 Å². The topological polar surface area (TPSA) is 35.5 Å². The van der Waals surface area contributed by atoms with Crippen molar-refractivity contribution in [1.82, 2.24) is 0 Å². The van der Waals surface area contributed by atoms with E-state index in [1.807, 2.05) is 18.2 Å². The van der Waals surface area contributed by atoms with Gasteiger partial charge in [0.25, 0.3) is 0 Å². The first kappa shape index (κ1) is 21.7. The van der Waals surface area contributed by atoms with Crippen LogP contribution in [-0.2, 0) is 15.9 Å². The molecule has 0 spiro atoms. The van der Waals surface area contributed by atoms with Gasteiger partial charge in [-0.1, -0.05) is 65.0 Å². The molecule has 0 saturated carbocycles. The highest BCUT2D eigenvalue weighted by atomic mass is 16.6. The fourth-order valence-electron chi connectivity index (χ4n) is 3.00. The van der Waals surface area contributed by atoms with Gasteiger partial charge < -0.3 is 9.47 Å². The van der Waals surface area contributed by atoms with Crippen molar-refractivity contribution in [1.29, 1.82) is 0 Å². The predicted octanol–water partition coefficient (Wildman–Crippen LogP) is 5.81. The van der Waals surface area contributed by atoms with Crippen LogP contribution in [0.4, 0.5) is 0 Å². The molecule has 0 aliphatic rings. The van der Waals surface area contributed by atoms with Gasteiger partial charge in [-0.25, -0.2) is 4.79 Å². The van der Waals surface area contributed by atoms with E-state index >= 15 is 0 Å². The Balaban J connectivity index is 2.42. The normalized spacial score (nSPS) is 12.4. The molecule has 25 heavy (non-hydrogen) atoms. The molecule has 0 aliphatic carbocycles. The SMILES string of the molecule is CCCc1cccc(C(=O)OC(CCCCCCC(C)C)COC)c1. The Labute approximate surface area is 154 Å². The maximum absolute atomic E-state index is 12.4. The van der Waals surface area contributed by atoms with Crippen LogP contribution in [-0.4, -0.2) is 25.8 Å². The Bertz CT molecular complexity index is 482. The van der Waals surface area contributed by atoms with Crippen LogP contribution in [0.5, 0.6) is 0 Å². The summed E-state index contributed by atoms with van der Waals surface area (Å²) >= 11 is 0. The van der Waals surface area contributed by atoms with Crippen molar-refractivity contribution >= 4 is 5.97 Å². The molecule has 0 saturated heterocycles. The lowest BCUT2D eigenvalue weighted by Crippen LogP contribution is -2.23. The fraction of sp³-hybridized carbons (Fsp3) is 0.682. The van der Waals surface area contributed by atoms with Gasteiger partial charge in [0.2, 0.25) is 0 Å². The second kappa shape index (κ2) is 12.9. The first-order valence-electron chi connectivity index (χ1n) is 9.85. The molecule has 0 amide bonds. The third kappa shape index (κ3) is 9.64. The summed E-state index contributed by atoms with van der Waals surface area (Å²) in [7, 11) is 1.66. The molecule has 1 unspecified atom stereocenters. The number of carbonyl (C=O) groups excluding carboxylic acids is 1. The summed E-state index contributed by atoms with van der Waals surface area (Å²) in [4.78, 5) is 12.4. The van der Waals surface area contributed by atoms with Crippen molar-refractivity contribution in [3.63, 3.8) is 0 Å². The van der Waals surface area contributed by atoms with E-state index in [-0.39, 0.29) is 12.1 Å². The van der Waals surface area contributed by atoms with Crippen LogP contribution in [0.3, 0.4) is 0 Å². The molecule has 3 heteroatoms. The Morgan fingerprint density at radius 3 is 2.44 bits per heavy atom. The molecular weight excluding hydrogens is 312 g/mol. The second-order valence-corrected chi connectivity index (χ2v) is 7.32. The average Bonchev–Trinajstić information content (AvgIpc) is 2.58. The minimum Gasteiger partial charge on any atom is -0.456 e. The molecule has 0 N–H and O–H groups in total. The van der Waals surface area contributed by atoms with Crippen molar-refractivity contribution < 1.29 is 14.3 Å². The largest absolute Gasteiger partial charge is 0.456 e. The number of esters is 1. The Kier molecular flexibility index (Phi) is 11.2. The molecule has 3 nitrogen and oxygen atoms in total. The zero-order chi connectivity index (χ0) is 18.5. The minimum atomic E-state index is -0.236. The van der Waals surface area contributed by atoms with Crippen LogP contribution in [0.2, 0.25) is 0 Å². The van der Waals surface area contributed by atoms with Crippen molar-refractivity contribution in [2.75, 3.05) is 13.7 Å². The van der Waals surface area contributed by atoms with Crippen LogP contribution in [0.15, 0.2) is 24.3 Å². The van der Waals surface area contributed by atoms with Crippen LogP contribution in [0, 0.1) is 5.92 Å². The van der Waals surface area contributed by atoms with Gasteiger partial charge in [0.15, 0.2) is 0 Å². The van der Waals surface area contributed by atoms with E-state index in [9.17, 15) is 4.79 Å². The lowest BCUT2D eigenvalue weighted by atomic mass is 10.0. The van der Waals surface area contributed by atoms with Crippen molar-refractivity contribution in [3.05, 3.63) is 35.4 Å². The standard InChI is InChI=1S/C22H36O3/c1-5-11-19-13-10-14-20(16-19)22(23)25-21(17-24-4)15-9-7-6-8-12-18(2)3/h10,13-14,16,18,21H,5-9,11-12,15,17H2,1-4H3. The van der Waals surface area contributed by atoms with Gasteiger partial charge in [0, 0.05) is 7.11 Å². The number of hydrogen-bond acceptors (Lipinski definition) is 3. The predicted molar refractivity (Wildman–Crippen MR) is 104 cm³/mol. The van der Waals surface area contributed by atoms with Gasteiger partial charge in [-0.05, 0) is 42.9 Å². The molecule has 1 aromatic carbocycles. The molecule has 0 bridgehead atoms. The number of methoxy groups -OCH3 is 1. The summed E-state index contributed by atoms with van der Waals surface area (Å²) in [5.74, 6) is 0.547. The Morgan fingerprint density at radius 1 is 1.08 bits per heavy atom. The molecule has 1 aromatic rings. The highest BCUT2D eigenvalue weighted by Gasteiger charge is 2.16. The van der Waals surface area contributed by atoms with Crippen molar-refractivity contribution in [3.8, 4) is 0 Å². The Hall–Kier alpha value is -1.35. The molecule has 142 valence electrons. The van der Waals surface area contributed by atoms with E-state index < -0.39 is 0 Å². The lowest BCUT2D eigenvalue weighted by Gasteiger charge is -2.17. The van der Waals surface area contributed by atoms with E-state index in [4.69, 9.17) is 9.47 Å². The summed E-state index contributed by atoms with van der Waals surface area (Å²) in [5.41, 5.74) is 1.83. The monoisotopic (exact) mass is 348 g/mol. The Morgan fingerprint density at radius 2 is 1.80 bits per heavy atom. The zero-order valence-corrected chi connectivity index (χ0v) is 16.6. The lowest BCUT2D eigenvalue weighted by molar-refractivity contribution is 0.00236. The maximum atomic E-state index is 12.4. The average molecular weight is 349 g/mol. The van der Waals surface area contributed by atoms with E-state index in [0.29, 0.717) is 12.2 Å². The molecular formula is C22H36O3. The minimum absolute atomic E-state index is 0.155. The number of ether oxygens (including phenoxy) is 2. The first-order chi connectivity index (χ1) is 12.1.